The highest BCUT2D eigenvalue weighted by atomic mass is 14.8. The van der Waals surface area contributed by atoms with Crippen LogP contribution >= 0.6 is 0 Å². The second-order valence-electron chi connectivity index (χ2n) is 2.46. The lowest BCUT2D eigenvalue weighted by atomic mass is 10.1. The van der Waals surface area contributed by atoms with Crippen molar-refractivity contribution in [1.82, 2.24) is 0 Å². The van der Waals surface area contributed by atoms with Crippen LogP contribution in [0.3, 0.4) is 0 Å². The Balaban J connectivity index is 3.37. The van der Waals surface area contributed by atoms with Crippen molar-refractivity contribution in [1.29, 1.82) is 0 Å². The number of aliphatic imine (C=N–C) groups is 2. The van der Waals surface area contributed by atoms with Crippen LogP contribution in [0.15, 0.2) is 22.3 Å². The second-order valence-corrected chi connectivity index (χ2v) is 2.46. The van der Waals surface area contributed by atoms with E-state index in [-0.39, 0.29) is 0 Å². The van der Waals surface area contributed by atoms with Crippen LogP contribution in [0.25, 0.3) is 0 Å². The molecule has 0 atom stereocenters. The van der Waals surface area contributed by atoms with E-state index >= 15 is 0 Å². The van der Waals surface area contributed by atoms with E-state index in [2.05, 4.69) is 30.5 Å². The molecule has 56 valence electrons. The van der Waals surface area contributed by atoms with E-state index in [0.717, 1.165) is 6.42 Å². The van der Waals surface area contributed by atoms with Crippen LogP contribution in [0.2, 0.25) is 0 Å². The molecule has 0 aromatic carbocycles. The van der Waals surface area contributed by atoms with Crippen molar-refractivity contribution >= 4 is 13.1 Å². The molecule has 0 aliphatic rings. The van der Waals surface area contributed by atoms with Gasteiger partial charge in [-0.3, -0.25) is 4.99 Å². The maximum atomic E-state index is 3.83. The third kappa shape index (κ3) is 7.08. The van der Waals surface area contributed by atoms with E-state index in [1.807, 2.05) is 6.08 Å². The molecule has 10 heavy (non-hydrogen) atoms. The van der Waals surface area contributed by atoms with E-state index in [4.69, 9.17) is 0 Å². The van der Waals surface area contributed by atoms with Crippen molar-refractivity contribution in [2.75, 3.05) is 0 Å². The average Bonchev–Trinajstić information content (AvgIpc) is 1.87. The van der Waals surface area contributed by atoms with Crippen molar-refractivity contribution in [3.8, 4) is 0 Å². The molecule has 0 unspecified atom stereocenters. The fraction of sp³-hybridized carbons (Fsp3) is 0.500. The van der Waals surface area contributed by atoms with Crippen molar-refractivity contribution in [2.24, 2.45) is 15.9 Å². The standard InChI is InChI=1S/C8H14N2/c1-8(2)5-4-6-10-7-9-3/h4,6-8H,3,5H2,1-2H3. The van der Waals surface area contributed by atoms with E-state index < -0.39 is 0 Å². The molecule has 0 heterocycles. The number of hydrogen-bond acceptors (Lipinski definition) is 1. The van der Waals surface area contributed by atoms with Gasteiger partial charge in [-0.05, 0) is 19.1 Å². The Bertz CT molecular complexity index is 134. The first kappa shape index (κ1) is 9.08. The predicted molar refractivity (Wildman–Crippen MR) is 46.6 cm³/mol. The molecule has 2 heteroatoms. The van der Waals surface area contributed by atoms with Crippen LogP contribution in [0.5, 0.6) is 0 Å². The summed E-state index contributed by atoms with van der Waals surface area (Å²) in [6, 6.07) is 0. The lowest BCUT2D eigenvalue weighted by Gasteiger charge is -1.93. The molecule has 2 nitrogen and oxygen atoms in total. The zero-order valence-corrected chi connectivity index (χ0v) is 6.62. The van der Waals surface area contributed by atoms with Crippen LogP contribution in [0.1, 0.15) is 20.3 Å². The van der Waals surface area contributed by atoms with Gasteiger partial charge in [-0.2, -0.15) is 0 Å². The third-order valence-electron chi connectivity index (χ3n) is 0.947. The fourth-order valence-electron chi connectivity index (χ4n) is 0.480. The van der Waals surface area contributed by atoms with Crippen LogP contribution in [0, 0.1) is 5.92 Å². The first-order chi connectivity index (χ1) is 4.77. The highest BCUT2D eigenvalue weighted by molar-refractivity contribution is 5.62. The Morgan fingerprint density at radius 1 is 1.50 bits per heavy atom. The van der Waals surface area contributed by atoms with Crippen LogP contribution < -0.4 is 0 Å². The highest BCUT2D eigenvalue weighted by Gasteiger charge is 1.84. The Kier molecular flexibility index (Phi) is 5.63. The summed E-state index contributed by atoms with van der Waals surface area (Å²) in [5.74, 6) is 0.697. The maximum absolute atomic E-state index is 3.83. The van der Waals surface area contributed by atoms with Crippen LogP contribution in [-0.4, -0.2) is 13.1 Å². The van der Waals surface area contributed by atoms with Gasteiger partial charge < -0.3 is 0 Å². The molecule has 0 spiro atoms. The van der Waals surface area contributed by atoms with Gasteiger partial charge >= 0.3 is 0 Å². The molecule has 0 saturated carbocycles. The summed E-state index contributed by atoms with van der Waals surface area (Å²) in [5, 5.41) is 0. The zero-order chi connectivity index (χ0) is 7.82. The van der Waals surface area contributed by atoms with Crippen molar-refractivity contribution < 1.29 is 0 Å². The van der Waals surface area contributed by atoms with Gasteiger partial charge in [0.15, 0.2) is 0 Å². The van der Waals surface area contributed by atoms with Gasteiger partial charge in [-0.1, -0.05) is 19.9 Å². The van der Waals surface area contributed by atoms with Gasteiger partial charge in [0.2, 0.25) is 0 Å². The van der Waals surface area contributed by atoms with Gasteiger partial charge in [0.1, 0.15) is 6.34 Å². The second kappa shape index (κ2) is 6.20. The number of hydrogen-bond donors (Lipinski definition) is 0. The van der Waals surface area contributed by atoms with Crippen molar-refractivity contribution in [3.63, 3.8) is 0 Å². The molecule has 0 aliphatic heterocycles. The number of nitrogens with zero attached hydrogens (tertiary/aromatic N) is 2. The maximum Gasteiger partial charge on any atom is 0.114 e. The summed E-state index contributed by atoms with van der Waals surface area (Å²) < 4.78 is 0. The van der Waals surface area contributed by atoms with Crippen molar-refractivity contribution in [2.45, 2.75) is 20.3 Å². The molecular weight excluding hydrogens is 124 g/mol. The Morgan fingerprint density at radius 2 is 2.20 bits per heavy atom. The normalized spacial score (nSPS) is 11.9. The average molecular weight is 138 g/mol. The van der Waals surface area contributed by atoms with Crippen molar-refractivity contribution in [3.05, 3.63) is 12.3 Å². The van der Waals surface area contributed by atoms with E-state index in [9.17, 15) is 0 Å². The van der Waals surface area contributed by atoms with E-state index in [1.165, 1.54) is 6.34 Å². The quantitative estimate of drug-likeness (QED) is 0.420. The monoisotopic (exact) mass is 138 g/mol. The molecular formula is C8H14N2. The third-order valence-corrected chi connectivity index (χ3v) is 0.947. The largest absolute Gasteiger partial charge is 0.253 e. The minimum atomic E-state index is 0.697. The first-order valence-corrected chi connectivity index (χ1v) is 3.40. The Morgan fingerprint density at radius 3 is 2.70 bits per heavy atom. The summed E-state index contributed by atoms with van der Waals surface area (Å²) in [6.07, 6.45) is 6.26. The van der Waals surface area contributed by atoms with E-state index in [1.54, 1.807) is 6.20 Å². The molecule has 0 rings (SSSR count). The summed E-state index contributed by atoms with van der Waals surface area (Å²) >= 11 is 0. The van der Waals surface area contributed by atoms with Crippen LogP contribution in [-0.2, 0) is 0 Å². The summed E-state index contributed by atoms with van der Waals surface area (Å²) in [7, 11) is 0. The number of rotatable bonds is 4. The number of allylic oxidation sites excluding steroid dienone is 1. The zero-order valence-electron chi connectivity index (χ0n) is 6.62. The summed E-state index contributed by atoms with van der Waals surface area (Å²) in [4.78, 5) is 7.29. The molecule has 0 radical (unpaired) electrons. The lowest BCUT2D eigenvalue weighted by molar-refractivity contribution is 0.663. The minimum Gasteiger partial charge on any atom is -0.253 e. The molecule has 0 bridgehead atoms. The molecule has 0 aliphatic carbocycles. The van der Waals surface area contributed by atoms with Crippen LogP contribution in [0.4, 0.5) is 0 Å². The van der Waals surface area contributed by atoms with E-state index in [0.29, 0.717) is 5.92 Å². The molecule has 0 N–H and O–H groups in total. The predicted octanol–water partition coefficient (Wildman–Crippen LogP) is 2.28. The molecule has 0 aromatic rings. The van der Waals surface area contributed by atoms with Gasteiger partial charge in [0.25, 0.3) is 0 Å². The summed E-state index contributed by atoms with van der Waals surface area (Å²) in [5.41, 5.74) is 0. The highest BCUT2D eigenvalue weighted by Crippen LogP contribution is 1.99. The first-order valence-electron chi connectivity index (χ1n) is 3.40. The Labute approximate surface area is 62.4 Å². The summed E-state index contributed by atoms with van der Waals surface area (Å²) in [6.45, 7) is 7.59. The SMILES string of the molecule is C=NC=NC=CCC(C)C. The molecule has 0 amide bonds. The van der Waals surface area contributed by atoms with Gasteiger partial charge in [-0.15, -0.1) is 0 Å². The van der Waals surface area contributed by atoms with Gasteiger partial charge in [0, 0.05) is 6.20 Å². The lowest BCUT2D eigenvalue weighted by Crippen LogP contribution is -1.80. The topological polar surface area (TPSA) is 24.7 Å². The molecule has 0 fully saturated rings. The van der Waals surface area contributed by atoms with Gasteiger partial charge in [0.05, 0.1) is 0 Å². The fourth-order valence-corrected chi connectivity index (χ4v) is 0.480. The molecule has 0 saturated heterocycles. The minimum absolute atomic E-state index is 0.697. The molecule has 0 aromatic heterocycles. The van der Waals surface area contributed by atoms with Gasteiger partial charge in [-0.25, -0.2) is 4.99 Å². The Hall–Kier alpha value is -0.920. The smallest absolute Gasteiger partial charge is 0.114 e.